The molecule has 54 valence electrons. The number of nitrogens with one attached hydrogen (secondary N) is 2. The van der Waals surface area contributed by atoms with Crippen LogP contribution in [0.25, 0.3) is 0 Å². The van der Waals surface area contributed by atoms with Gasteiger partial charge in [-0.1, -0.05) is 0 Å². The van der Waals surface area contributed by atoms with Crippen molar-refractivity contribution in [2.45, 2.75) is 0 Å². The van der Waals surface area contributed by atoms with Gasteiger partial charge in [0, 0.05) is 0 Å². The lowest BCUT2D eigenvalue weighted by molar-refractivity contribution is 0.614. The van der Waals surface area contributed by atoms with Crippen molar-refractivity contribution < 1.29 is 4.39 Å². The summed E-state index contributed by atoms with van der Waals surface area (Å²) in [6.45, 7) is 0. The Bertz CT molecular complexity index is 283. The predicted octanol–water partition coefficient (Wildman–Crippen LogP) is -0.805. The number of aromatic amines is 1. The molecule has 0 radical (unpaired) electrons. The van der Waals surface area contributed by atoms with E-state index in [1.807, 2.05) is 10.4 Å². The SMILES string of the molecule is NNc1[nH]c(=O)ncc1F. The van der Waals surface area contributed by atoms with E-state index in [-0.39, 0.29) is 5.82 Å². The highest BCUT2D eigenvalue weighted by Crippen LogP contribution is 2.01. The van der Waals surface area contributed by atoms with Crippen molar-refractivity contribution in [1.82, 2.24) is 9.97 Å². The zero-order chi connectivity index (χ0) is 7.56. The number of hydrogen-bond acceptors (Lipinski definition) is 4. The fraction of sp³-hybridized carbons (Fsp3) is 0. The van der Waals surface area contributed by atoms with Crippen LogP contribution in [-0.4, -0.2) is 9.97 Å². The van der Waals surface area contributed by atoms with Crippen molar-refractivity contribution in [2.24, 2.45) is 5.84 Å². The molecule has 0 atom stereocenters. The van der Waals surface area contributed by atoms with Crippen LogP contribution in [0.5, 0.6) is 0 Å². The number of hydrazine groups is 1. The molecule has 0 fully saturated rings. The molecule has 0 aliphatic heterocycles. The van der Waals surface area contributed by atoms with Crippen LogP contribution in [0, 0.1) is 5.82 Å². The fourth-order valence-corrected chi connectivity index (χ4v) is 0.484. The maximum Gasteiger partial charge on any atom is 0.346 e. The minimum absolute atomic E-state index is 0.167. The van der Waals surface area contributed by atoms with E-state index in [1.165, 1.54) is 0 Å². The summed E-state index contributed by atoms with van der Waals surface area (Å²) in [5.74, 6) is 3.97. The quantitative estimate of drug-likeness (QED) is 0.355. The molecule has 1 heterocycles. The zero-order valence-corrected chi connectivity index (χ0v) is 4.89. The van der Waals surface area contributed by atoms with Gasteiger partial charge in [-0.15, -0.1) is 0 Å². The average molecular weight is 144 g/mol. The monoisotopic (exact) mass is 144 g/mol. The molecule has 0 aliphatic carbocycles. The Hall–Kier alpha value is -1.43. The van der Waals surface area contributed by atoms with Gasteiger partial charge in [-0.2, -0.15) is 4.98 Å². The Morgan fingerprint density at radius 1 is 1.80 bits per heavy atom. The Morgan fingerprint density at radius 3 is 3.00 bits per heavy atom. The molecule has 5 nitrogen and oxygen atoms in total. The summed E-state index contributed by atoms with van der Waals surface area (Å²) in [5.41, 5.74) is 1.32. The fourth-order valence-electron chi connectivity index (χ4n) is 0.484. The van der Waals surface area contributed by atoms with Crippen LogP contribution in [0.3, 0.4) is 0 Å². The smallest absolute Gasteiger partial charge is 0.307 e. The summed E-state index contributed by atoms with van der Waals surface area (Å²) in [6.07, 6.45) is 0.786. The van der Waals surface area contributed by atoms with Gasteiger partial charge in [0.2, 0.25) is 0 Å². The van der Waals surface area contributed by atoms with Gasteiger partial charge in [0.05, 0.1) is 6.20 Å². The molecule has 6 heteroatoms. The van der Waals surface area contributed by atoms with E-state index >= 15 is 0 Å². The van der Waals surface area contributed by atoms with Crippen molar-refractivity contribution in [3.63, 3.8) is 0 Å². The summed E-state index contributed by atoms with van der Waals surface area (Å²) >= 11 is 0. The van der Waals surface area contributed by atoms with Gasteiger partial charge < -0.3 is 5.43 Å². The van der Waals surface area contributed by atoms with Crippen LogP contribution in [-0.2, 0) is 0 Å². The lowest BCUT2D eigenvalue weighted by atomic mass is 10.6. The van der Waals surface area contributed by atoms with E-state index in [4.69, 9.17) is 5.84 Å². The number of nitrogens with zero attached hydrogens (tertiary/aromatic N) is 1. The first-order chi connectivity index (χ1) is 4.74. The van der Waals surface area contributed by atoms with Gasteiger partial charge in [-0.05, 0) is 0 Å². The van der Waals surface area contributed by atoms with Gasteiger partial charge in [-0.3, -0.25) is 4.98 Å². The number of hydrogen-bond donors (Lipinski definition) is 3. The molecular weight excluding hydrogens is 139 g/mol. The number of nitrogen functional groups attached to an aromatic ring is 1. The van der Waals surface area contributed by atoms with Crippen molar-refractivity contribution in [2.75, 3.05) is 5.43 Å². The minimum atomic E-state index is -0.692. The highest BCUT2D eigenvalue weighted by Gasteiger charge is 1.98. The van der Waals surface area contributed by atoms with Crippen LogP contribution in [0.4, 0.5) is 10.2 Å². The molecule has 0 aliphatic rings. The van der Waals surface area contributed by atoms with Crippen LogP contribution >= 0.6 is 0 Å². The van der Waals surface area contributed by atoms with E-state index < -0.39 is 11.5 Å². The predicted molar refractivity (Wildman–Crippen MR) is 32.6 cm³/mol. The van der Waals surface area contributed by atoms with Crippen LogP contribution in [0.15, 0.2) is 11.0 Å². The van der Waals surface area contributed by atoms with Gasteiger partial charge in [0.1, 0.15) is 0 Å². The van der Waals surface area contributed by atoms with Crippen LogP contribution in [0.1, 0.15) is 0 Å². The molecular formula is C4H5FN4O. The molecule has 0 aromatic carbocycles. The van der Waals surface area contributed by atoms with Crippen molar-refractivity contribution in [3.05, 3.63) is 22.5 Å². The molecule has 1 rings (SSSR count). The van der Waals surface area contributed by atoms with E-state index in [2.05, 4.69) is 4.98 Å². The summed E-state index contributed by atoms with van der Waals surface area (Å²) in [4.78, 5) is 15.5. The second kappa shape index (κ2) is 2.44. The first kappa shape index (κ1) is 6.69. The topological polar surface area (TPSA) is 83.8 Å². The first-order valence-electron chi connectivity index (χ1n) is 2.45. The molecule has 0 unspecified atom stereocenters. The number of H-pyrrole nitrogens is 1. The third-order valence-electron chi connectivity index (χ3n) is 0.910. The second-order valence-electron chi connectivity index (χ2n) is 1.56. The molecule has 0 saturated carbocycles. The van der Waals surface area contributed by atoms with Gasteiger partial charge >= 0.3 is 5.69 Å². The molecule has 4 N–H and O–H groups in total. The number of nitrogens with two attached hydrogens (primary N) is 1. The Morgan fingerprint density at radius 2 is 2.50 bits per heavy atom. The Kier molecular flexibility index (Phi) is 1.63. The van der Waals surface area contributed by atoms with Crippen molar-refractivity contribution >= 4 is 5.82 Å². The average Bonchev–Trinajstić information content (AvgIpc) is 1.94. The minimum Gasteiger partial charge on any atom is -0.307 e. The van der Waals surface area contributed by atoms with E-state index in [9.17, 15) is 9.18 Å². The first-order valence-corrected chi connectivity index (χ1v) is 2.45. The highest BCUT2D eigenvalue weighted by molar-refractivity contribution is 5.31. The zero-order valence-electron chi connectivity index (χ0n) is 4.89. The van der Waals surface area contributed by atoms with Gasteiger partial charge in [0.15, 0.2) is 11.6 Å². The summed E-state index contributed by atoms with van der Waals surface area (Å²) in [7, 11) is 0. The molecule has 1 aromatic rings. The van der Waals surface area contributed by atoms with Gasteiger partial charge in [0.25, 0.3) is 0 Å². The maximum absolute atomic E-state index is 12.4. The molecule has 0 bridgehead atoms. The Balaban J connectivity index is 3.22. The van der Waals surface area contributed by atoms with Crippen LogP contribution < -0.4 is 17.0 Å². The van der Waals surface area contributed by atoms with E-state index in [0.29, 0.717) is 0 Å². The number of anilines is 1. The van der Waals surface area contributed by atoms with Gasteiger partial charge in [-0.25, -0.2) is 15.0 Å². The summed E-state index contributed by atoms with van der Waals surface area (Å²) in [6, 6.07) is 0. The maximum atomic E-state index is 12.4. The molecule has 0 saturated heterocycles. The van der Waals surface area contributed by atoms with E-state index in [1.54, 1.807) is 0 Å². The van der Waals surface area contributed by atoms with Crippen molar-refractivity contribution in [1.29, 1.82) is 0 Å². The molecule has 1 aromatic heterocycles. The van der Waals surface area contributed by atoms with Crippen molar-refractivity contribution in [3.8, 4) is 0 Å². The molecule has 0 amide bonds. The van der Waals surface area contributed by atoms with Crippen LogP contribution in [0.2, 0.25) is 0 Å². The number of aromatic nitrogens is 2. The standard InChI is InChI=1S/C4H5FN4O/c5-2-1-7-4(10)8-3(2)9-6/h1H,6H2,(H2,7,8,9,10). The molecule has 0 spiro atoms. The third kappa shape index (κ3) is 1.11. The second-order valence-corrected chi connectivity index (χ2v) is 1.56. The lowest BCUT2D eigenvalue weighted by Gasteiger charge is -1.97. The lowest BCUT2D eigenvalue weighted by Crippen LogP contribution is -2.18. The normalized spacial score (nSPS) is 9.40. The number of halogens is 1. The highest BCUT2D eigenvalue weighted by atomic mass is 19.1. The molecule has 10 heavy (non-hydrogen) atoms. The van der Waals surface area contributed by atoms with E-state index in [0.717, 1.165) is 6.20 Å². The third-order valence-corrected chi connectivity index (χ3v) is 0.910. The largest absolute Gasteiger partial charge is 0.346 e. The summed E-state index contributed by atoms with van der Waals surface area (Å²) in [5, 5.41) is 0. The number of rotatable bonds is 1. The Labute approximate surface area is 55.1 Å². The summed E-state index contributed by atoms with van der Waals surface area (Å²) < 4.78 is 12.4.